The van der Waals surface area contributed by atoms with Crippen LogP contribution in [0.15, 0.2) is 6.20 Å². The molecule has 1 N–H and O–H groups in total. The van der Waals surface area contributed by atoms with Crippen LogP contribution in [-0.2, 0) is 0 Å². The van der Waals surface area contributed by atoms with Gasteiger partial charge in [-0.05, 0) is 13.3 Å². The Morgan fingerprint density at radius 2 is 2.22 bits per heavy atom. The molecule has 1 rings (SSSR count). The Labute approximate surface area is 106 Å². The average molecular weight is 253 g/mol. The summed E-state index contributed by atoms with van der Waals surface area (Å²) in [5.74, 6) is 0.779. The van der Waals surface area contributed by atoms with Crippen LogP contribution in [0, 0.1) is 10.1 Å². The Bertz CT molecular complexity index is 410. The predicted octanol–water partition coefficient (Wildman–Crippen LogP) is 2.05. The predicted molar refractivity (Wildman–Crippen MR) is 71.0 cm³/mol. The number of anilines is 2. The van der Waals surface area contributed by atoms with E-state index in [0.29, 0.717) is 18.3 Å². The minimum Gasteiger partial charge on any atom is -0.357 e. The molecule has 1 aromatic rings. The molecule has 0 saturated carbocycles. The third-order valence-corrected chi connectivity index (χ3v) is 2.63. The SMILES string of the molecule is CCCCN(CC)c1nc(NC)ncc1[N+](=O)[O-]. The molecular formula is C11H19N5O2. The molecule has 7 heteroatoms. The summed E-state index contributed by atoms with van der Waals surface area (Å²) in [7, 11) is 1.69. The van der Waals surface area contributed by atoms with Crippen molar-refractivity contribution in [3.63, 3.8) is 0 Å². The number of hydrogen-bond acceptors (Lipinski definition) is 6. The second kappa shape index (κ2) is 6.73. The van der Waals surface area contributed by atoms with Gasteiger partial charge >= 0.3 is 5.69 Å². The molecule has 0 aromatic carbocycles. The van der Waals surface area contributed by atoms with E-state index < -0.39 is 4.92 Å². The fourth-order valence-corrected chi connectivity index (χ4v) is 1.61. The molecule has 0 spiro atoms. The highest BCUT2D eigenvalue weighted by Crippen LogP contribution is 2.26. The minimum absolute atomic E-state index is 0.0491. The minimum atomic E-state index is -0.441. The van der Waals surface area contributed by atoms with Crippen LogP contribution in [0.3, 0.4) is 0 Å². The van der Waals surface area contributed by atoms with E-state index in [9.17, 15) is 10.1 Å². The lowest BCUT2D eigenvalue weighted by molar-refractivity contribution is -0.384. The van der Waals surface area contributed by atoms with Crippen LogP contribution in [0.1, 0.15) is 26.7 Å². The summed E-state index contributed by atoms with van der Waals surface area (Å²) < 4.78 is 0. The van der Waals surface area contributed by atoms with Gasteiger partial charge in [0.05, 0.1) is 4.92 Å². The lowest BCUT2D eigenvalue weighted by Crippen LogP contribution is -2.26. The first-order valence-corrected chi connectivity index (χ1v) is 6.08. The van der Waals surface area contributed by atoms with Gasteiger partial charge in [-0.2, -0.15) is 4.98 Å². The molecule has 0 fully saturated rings. The molecule has 0 amide bonds. The monoisotopic (exact) mass is 253 g/mol. The van der Waals surface area contributed by atoms with Crippen LogP contribution in [0.2, 0.25) is 0 Å². The maximum atomic E-state index is 11.0. The first-order chi connectivity index (χ1) is 8.63. The van der Waals surface area contributed by atoms with Crippen LogP contribution >= 0.6 is 0 Å². The molecule has 0 aliphatic carbocycles. The summed E-state index contributed by atoms with van der Waals surface area (Å²) in [5.41, 5.74) is -0.0491. The van der Waals surface area contributed by atoms with Gasteiger partial charge in [-0.25, -0.2) is 4.98 Å². The van der Waals surface area contributed by atoms with Gasteiger partial charge < -0.3 is 10.2 Å². The van der Waals surface area contributed by atoms with E-state index in [4.69, 9.17) is 0 Å². The van der Waals surface area contributed by atoms with Crippen molar-refractivity contribution in [2.45, 2.75) is 26.7 Å². The second-order valence-corrected chi connectivity index (χ2v) is 3.84. The van der Waals surface area contributed by atoms with Crippen molar-refractivity contribution in [2.75, 3.05) is 30.4 Å². The molecule has 0 aliphatic heterocycles. The summed E-state index contributed by atoms with van der Waals surface area (Å²) in [4.78, 5) is 20.5. The molecule has 0 bridgehead atoms. The van der Waals surface area contributed by atoms with Crippen molar-refractivity contribution >= 4 is 17.5 Å². The fraction of sp³-hybridized carbons (Fsp3) is 0.636. The number of rotatable bonds is 7. The smallest absolute Gasteiger partial charge is 0.329 e. The zero-order valence-corrected chi connectivity index (χ0v) is 11.0. The first kappa shape index (κ1) is 14.1. The van der Waals surface area contributed by atoms with Gasteiger partial charge in [0, 0.05) is 20.1 Å². The maximum absolute atomic E-state index is 11.0. The highest BCUT2D eigenvalue weighted by Gasteiger charge is 2.21. The molecule has 7 nitrogen and oxygen atoms in total. The van der Waals surface area contributed by atoms with Crippen LogP contribution in [0.5, 0.6) is 0 Å². The zero-order valence-electron chi connectivity index (χ0n) is 11.0. The van der Waals surface area contributed by atoms with Crippen molar-refractivity contribution in [3.05, 3.63) is 16.3 Å². The first-order valence-electron chi connectivity index (χ1n) is 6.08. The van der Waals surface area contributed by atoms with Gasteiger partial charge in [-0.3, -0.25) is 10.1 Å². The third-order valence-electron chi connectivity index (χ3n) is 2.63. The van der Waals surface area contributed by atoms with Gasteiger partial charge in [-0.1, -0.05) is 13.3 Å². The number of unbranched alkanes of at least 4 members (excludes halogenated alkanes) is 1. The molecule has 1 aromatic heterocycles. The maximum Gasteiger partial charge on any atom is 0.329 e. The molecule has 1 heterocycles. The van der Waals surface area contributed by atoms with Crippen LogP contribution < -0.4 is 10.2 Å². The summed E-state index contributed by atoms with van der Waals surface area (Å²) in [6, 6.07) is 0. The molecule has 0 unspecified atom stereocenters. The van der Waals surface area contributed by atoms with E-state index in [0.717, 1.165) is 19.4 Å². The molecular weight excluding hydrogens is 234 g/mol. The van der Waals surface area contributed by atoms with Crippen molar-refractivity contribution in [1.29, 1.82) is 0 Å². The summed E-state index contributed by atoms with van der Waals surface area (Å²) in [6.45, 7) is 5.48. The summed E-state index contributed by atoms with van der Waals surface area (Å²) in [5, 5.41) is 13.8. The normalized spacial score (nSPS) is 10.2. The topological polar surface area (TPSA) is 84.2 Å². The third kappa shape index (κ3) is 3.28. The van der Waals surface area contributed by atoms with Crippen molar-refractivity contribution in [1.82, 2.24) is 9.97 Å². The molecule has 100 valence electrons. The summed E-state index contributed by atoms with van der Waals surface area (Å²) >= 11 is 0. The molecule has 18 heavy (non-hydrogen) atoms. The Hall–Kier alpha value is -1.92. The van der Waals surface area contributed by atoms with Gasteiger partial charge in [0.1, 0.15) is 6.20 Å². The van der Waals surface area contributed by atoms with Gasteiger partial charge in [0.15, 0.2) is 0 Å². The van der Waals surface area contributed by atoms with E-state index in [1.54, 1.807) is 7.05 Å². The van der Waals surface area contributed by atoms with Crippen LogP contribution in [0.25, 0.3) is 0 Å². The Morgan fingerprint density at radius 3 is 2.72 bits per heavy atom. The van der Waals surface area contributed by atoms with E-state index in [1.807, 2.05) is 11.8 Å². The highest BCUT2D eigenvalue weighted by atomic mass is 16.6. The standard InChI is InChI=1S/C11H19N5O2/c1-4-6-7-15(5-2)10-9(16(17)18)8-13-11(12-3)14-10/h8H,4-7H2,1-3H3,(H,12,13,14). The highest BCUT2D eigenvalue weighted by molar-refractivity contribution is 5.58. The van der Waals surface area contributed by atoms with E-state index >= 15 is 0 Å². The van der Waals surface area contributed by atoms with Crippen molar-refractivity contribution in [2.24, 2.45) is 0 Å². The van der Waals surface area contributed by atoms with Crippen molar-refractivity contribution < 1.29 is 4.92 Å². The van der Waals surface area contributed by atoms with Crippen LogP contribution in [0.4, 0.5) is 17.5 Å². The van der Waals surface area contributed by atoms with Crippen LogP contribution in [-0.4, -0.2) is 35.0 Å². The lowest BCUT2D eigenvalue weighted by Gasteiger charge is -2.21. The number of nitrogens with zero attached hydrogens (tertiary/aromatic N) is 4. The molecule has 0 saturated heterocycles. The molecule has 0 atom stereocenters. The molecule has 0 radical (unpaired) electrons. The number of hydrogen-bond donors (Lipinski definition) is 1. The lowest BCUT2D eigenvalue weighted by atomic mass is 10.3. The average Bonchev–Trinajstić information content (AvgIpc) is 2.39. The van der Waals surface area contributed by atoms with Crippen molar-refractivity contribution in [3.8, 4) is 0 Å². The van der Waals surface area contributed by atoms with E-state index in [2.05, 4.69) is 22.2 Å². The number of nitro groups is 1. The molecule has 0 aliphatic rings. The Morgan fingerprint density at radius 1 is 1.50 bits per heavy atom. The Balaban J connectivity index is 3.11. The largest absolute Gasteiger partial charge is 0.357 e. The fourth-order valence-electron chi connectivity index (χ4n) is 1.61. The van der Waals surface area contributed by atoms with Gasteiger partial charge in [0.2, 0.25) is 11.8 Å². The van der Waals surface area contributed by atoms with E-state index in [-0.39, 0.29) is 5.69 Å². The van der Waals surface area contributed by atoms with Gasteiger partial charge in [-0.15, -0.1) is 0 Å². The zero-order chi connectivity index (χ0) is 13.5. The Kier molecular flexibility index (Phi) is 5.29. The summed E-state index contributed by atoms with van der Waals surface area (Å²) in [6.07, 6.45) is 3.26. The van der Waals surface area contributed by atoms with Gasteiger partial charge in [0.25, 0.3) is 0 Å². The quantitative estimate of drug-likeness (QED) is 0.591. The number of nitrogens with one attached hydrogen (secondary N) is 1. The second-order valence-electron chi connectivity index (χ2n) is 3.84. The number of aromatic nitrogens is 2. The van der Waals surface area contributed by atoms with E-state index in [1.165, 1.54) is 6.20 Å².